The largest absolute Gasteiger partial charge is 0.393 e. The van der Waals surface area contributed by atoms with Gasteiger partial charge in [0.05, 0.1) is 22.5 Å². The molecule has 1 rings (SSSR count). The fraction of sp³-hybridized carbons (Fsp3) is 0.750. The Morgan fingerprint density at radius 2 is 2.16 bits per heavy atom. The highest BCUT2D eigenvalue weighted by atomic mass is 35.5. The second-order valence-electron chi connectivity index (χ2n) is 4.30. The van der Waals surface area contributed by atoms with Crippen molar-refractivity contribution in [3.8, 4) is 0 Å². The van der Waals surface area contributed by atoms with E-state index >= 15 is 0 Å². The van der Waals surface area contributed by atoms with Crippen LogP contribution in [0.25, 0.3) is 0 Å². The number of hydrogen-bond acceptors (Lipinski definition) is 3. The summed E-state index contributed by atoms with van der Waals surface area (Å²) < 4.78 is 30.0. The van der Waals surface area contributed by atoms with Gasteiger partial charge < -0.3 is 9.84 Å². The van der Waals surface area contributed by atoms with Gasteiger partial charge >= 0.3 is 0 Å². The normalized spacial score (nSPS) is 13.2. The number of nitrogens with zero attached hydrogens (tertiary/aromatic N) is 2. The number of aliphatic hydroxyl groups excluding tert-OH is 1. The second-order valence-corrected chi connectivity index (χ2v) is 4.68. The van der Waals surface area contributed by atoms with Gasteiger partial charge in [-0.1, -0.05) is 18.5 Å². The molecule has 0 fully saturated rings. The topological polar surface area (TPSA) is 47.3 Å². The molecule has 0 amide bonds. The lowest BCUT2D eigenvalue weighted by atomic mass is 10.1. The first kappa shape index (κ1) is 16.3. The monoisotopic (exact) mass is 296 g/mol. The minimum absolute atomic E-state index is 0.0988. The van der Waals surface area contributed by atoms with Crippen LogP contribution in [0, 0.1) is 0 Å². The standard InChI is InChI=1S/C12H19ClF2N2O2/c1-3-9-12(13)10(17(2)16-9)6-8(18)4-5-19-7-11(14)15/h8,11,18H,3-7H2,1-2H3. The Labute approximate surface area is 116 Å². The number of halogens is 3. The lowest BCUT2D eigenvalue weighted by Crippen LogP contribution is -2.17. The van der Waals surface area contributed by atoms with Gasteiger partial charge in [-0.25, -0.2) is 8.78 Å². The number of rotatable bonds is 8. The SMILES string of the molecule is CCc1nn(C)c(CC(O)CCOCC(F)F)c1Cl. The summed E-state index contributed by atoms with van der Waals surface area (Å²) in [6.07, 6.45) is -1.82. The summed E-state index contributed by atoms with van der Waals surface area (Å²) in [5, 5.41) is 14.6. The molecule has 0 aliphatic carbocycles. The zero-order valence-corrected chi connectivity index (χ0v) is 11.8. The summed E-state index contributed by atoms with van der Waals surface area (Å²) in [5.41, 5.74) is 1.54. The van der Waals surface area contributed by atoms with Crippen molar-refractivity contribution in [3.63, 3.8) is 0 Å². The summed E-state index contributed by atoms with van der Waals surface area (Å²) >= 11 is 6.15. The van der Waals surface area contributed by atoms with E-state index in [4.69, 9.17) is 16.3 Å². The Kier molecular flexibility index (Phi) is 6.68. The maximum atomic E-state index is 11.8. The van der Waals surface area contributed by atoms with E-state index in [1.807, 2.05) is 6.92 Å². The molecule has 0 radical (unpaired) electrons. The lowest BCUT2D eigenvalue weighted by molar-refractivity contribution is 0.00497. The van der Waals surface area contributed by atoms with Crippen LogP contribution in [0.1, 0.15) is 24.7 Å². The molecule has 1 unspecified atom stereocenters. The van der Waals surface area contributed by atoms with Crippen LogP contribution in [-0.2, 0) is 24.6 Å². The van der Waals surface area contributed by atoms with Gasteiger partial charge in [-0.2, -0.15) is 5.10 Å². The van der Waals surface area contributed by atoms with Crippen LogP contribution >= 0.6 is 11.6 Å². The zero-order valence-electron chi connectivity index (χ0n) is 11.1. The highest BCUT2D eigenvalue weighted by molar-refractivity contribution is 6.31. The van der Waals surface area contributed by atoms with E-state index in [1.165, 1.54) is 0 Å². The van der Waals surface area contributed by atoms with Crippen molar-refractivity contribution in [1.82, 2.24) is 9.78 Å². The molecule has 1 atom stereocenters. The van der Waals surface area contributed by atoms with E-state index in [9.17, 15) is 13.9 Å². The van der Waals surface area contributed by atoms with Crippen LogP contribution in [0.5, 0.6) is 0 Å². The minimum atomic E-state index is -2.48. The third-order valence-electron chi connectivity index (χ3n) is 2.77. The molecule has 19 heavy (non-hydrogen) atoms. The maximum absolute atomic E-state index is 11.8. The second kappa shape index (κ2) is 7.77. The average molecular weight is 297 g/mol. The van der Waals surface area contributed by atoms with Gasteiger partial charge in [-0.3, -0.25) is 4.68 Å². The van der Waals surface area contributed by atoms with Crippen molar-refractivity contribution >= 4 is 11.6 Å². The van der Waals surface area contributed by atoms with E-state index < -0.39 is 19.1 Å². The Hall–Kier alpha value is -0.720. The van der Waals surface area contributed by atoms with E-state index in [2.05, 4.69) is 5.10 Å². The molecule has 0 saturated heterocycles. The predicted molar refractivity (Wildman–Crippen MR) is 68.7 cm³/mol. The molecule has 0 saturated carbocycles. The molecule has 0 aliphatic rings. The number of alkyl halides is 2. The van der Waals surface area contributed by atoms with E-state index in [0.29, 0.717) is 11.4 Å². The molecule has 1 aromatic rings. The number of hydrogen-bond donors (Lipinski definition) is 1. The Bertz CT molecular complexity index is 399. The third kappa shape index (κ3) is 5.04. The fourth-order valence-corrected chi connectivity index (χ4v) is 2.13. The molecule has 110 valence electrons. The van der Waals surface area contributed by atoms with E-state index in [1.54, 1.807) is 11.7 Å². The van der Waals surface area contributed by atoms with Crippen molar-refractivity contribution in [2.75, 3.05) is 13.2 Å². The maximum Gasteiger partial charge on any atom is 0.261 e. The Balaban J connectivity index is 2.44. The van der Waals surface area contributed by atoms with Gasteiger partial charge in [0, 0.05) is 20.1 Å². The molecule has 0 aliphatic heterocycles. The van der Waals surface area contributed by atoms with Crippen LogP contribution in [0.15, 0.2) is 0 Å². The molecule has 7 heteroatoms. The first-order valence-corrected chi connectivity index (χ1v) is 6.57. The molecular weight excluding hydrogens is 278 g/mol. The summed E-state index contributed by atoms with van der Waals surface area (Å²) in [4.78, 5) is 0. The highest BCUT2D eigenvalue weighted by Crippen LogP contribution is 2.22. The fourth-order valence-electron chi connectivity index (χ4n) is 1.76. The first-order valence-electron chi connectivity index (χ1n) is 6.19. The molecule has 1 heterocycles. The van der Waals surface area contributed by atoms with Crippen LogP contribution in [-0.4, -0.2) is 40.6 Å². The van der Waals surface area contributed by atoms with Gasteiger partial charge in [0.15, 0.2) is 0 Å². The third-order valence-corrected chi connectivity index (χ3v) is 3.21. The summed E-state index contributed by atoms with van der Waals surface area (Å²) in [5.74, 6) is 0. The Morgan fingerprint density at radius 1 is 1.47 bits per heavy atom. The highest BCUT2D eigenvalue weighted by Gasteiger charge is 2.16. The first-order chi connectivity index (χ1) is 8.95. The van der Waals surface area contributed by atoms with Crippen molar-refractivity contribution < 1.29 is 18.6 Å². The van der Waals surface area contributed by atoms with Crippen LogP contribution in [0.2, 0.25) is 5.02 Å². The number of aryl methyl sites for hydroxylation is 2. The lowest BCUT2D eigenvalue weighted by Gasteiger charge is -2.11. The van der Waals surface area contributed by atoms with Crippen LogP contribution in [0.4, 0.5) is 8.78 Å². The van der Waals surface area contributed by atoms with E-state index in [0.717, 1.165) is 17.8 Å². The van der Waals surface area contributed by atoms with Crippen molar-refractivity contribution in [3.05, 3.63) is 16.4 Å². The average Bonchev–Trinajstić information content (AvgIpc) is 2.62. The van der Waals surface area contributed by atoms with Gasteiger partial charge in [0.1, 0.15) is 6.61 Å². The summed E-state index contributed by atoms with van der Waals surface area (Å²) in [6.45, 7) is 1.45. The van der Waals surface area contributed by atoms with Crippen LogP contribution in [0.3, 0.4) is 0 Å². The zero-order chi connectivity index (χ0) is 14.4. The molecule has 0 spiro atoms. The Morgan fingerprint density at radius 3 is 2.68 bits per heavy atom. The minimum Gasteiger partial charge on any atom is -0.393 e. The van der Waals surface area contributed by atoms with Crippen molar-refractivity contribution in [1.29, 1.82) is 0 Å². The number of aliphatic hydroxyl groups is 1. The van der Waals surface area contributed by atoms with E-state index in [-0.39, 0.29) is 13.0 Å². The summed E-state index contributed by atoms with van der Waals surface area (Å²) in [6, 6.07) is 0. The van der Waals surface area contributed by atoms with Crippen molar-refractivity contribution in [2.45, 2.75) is 38.7 Å². The molecular formula is C12H19ClF2N2O2. The molecule has 0 bridgehead atoms. The molecule has 4 nitrogen and oxygen atoms in total. The number of ether oxygens (including phenoxy) is 1. The van der Waals surface area contributed by atoms with Gasteiger partial charge in [0.2, 0.25) is 0 Å². The quantitative estimate of drug-likeness (QED) is 0.748. The smallest absolute Gasteiger partial charge is 0.261 e. The van der Waals surface area contributed by atoms with Crippen LogP contribution < -0.4 is 0 Å². The summed E-state index contributed by atoms with van der Waals surface area (Å²) in [7, 11) is 1.76. The van der Waals surface area contributed by atoms with Gasteiger partial charge in [-0.15, -0.1) is 0 Å². The predicted octanol–water partition coefficient (Wildman–Crippen LogP) is 2.21. The molecule has 1 N–H and O–H groups in total. The molecule has 0 aromatic carbocycles. The molecule has 1 aromatic heterocycles. The van der Waals surface area contributed by atoms with Crippen molar-refractivity contribution in [2.24, 2.45) is 7.05 Å². The number of aromatic nitrogens is 2. The van der Waals surface area contributed by atoms with Gasteiger partial charge in [-0.05, 0) is 12.8 Å². The van der Waals surface area contributed by atoms with Gasteiger partial charge in [0.25, 0.3) is 6.43 Å².